The third-order valence-corrected chi connectivity index (χ3v) is 5.18. The van der Waals surface area contributed by atoms with Gasteiger partial charge in [-0.1, -0.05) is 36.4 Å². The van der Waals surface area contributed by atoms with E-state index in [0.29, 0.717) is 0 Å². The minimum absolute atomic E-state index is 0.0362. The fourth-order valence-electron chi connectivity index (χ4n) is 2.84. The molecule has 1 aromatic heterocycles. The Kier molecular flexibility index (Phi) is 7.76. The molecule has 0 saturated heterocycles. The highest BCUT2D eigenvalue weighted by molar-refractivity contribution is 7.09. The Morgan fingerprint density at radius 3 is 2.53 bits per heavy atom. The van der Waals surface area contributed by atoms with Crippen LogP contribution < -0.4 is 10.2 Å². The van der Waals surface area contributed by atoms with Crippen molar-refractivity contribution in [3.63, 3.8) is 0 Å². The number of nitro benzene ring substituents is 1. The number of amides is 2. The second kappa shape index (κ2) is 10.9. The molecule has 9 nitrogen and oxygen atoms in total. The molecule has 0 unspecified atom stereocenters. The summed E-state index contributed by atoms with van der Waals surface area (Å²) >= 11 is 1.45. The fraction of sp³-hybridized carbons (Fsp3) is 0.182. The Balaban J connectivity index is 1.87. The Morgan fingerprint density at radius 2 is 1.88 bits per heavy atom. The van der Waals surface area contributed by atoms with Crippen molar-refractivity contribution < 1.29 is 24.0 Å². The van der Waals surface area contributed by atoms with Crippen molar-refractivity contribution in [3.8, 4) is 0 Å². The molecule has 0 aliphatic rings. The van der Waals surface area contributed by atoms with Gasteiger partial charge in [0.15, 0.2) is 0 Å². The fourth-order valence-corrected chi connectivity index (χ4v) is 3.53. The Morgan fingerprint density at radius 1 is 1.09 bits per heavy atom. The highest BCUT2D eigenvalue weighted by Gasteiger charge is 2.24. The molecular formula is C22H21N3O6S. The van der Waals surface area contributed by atoms with Crippen LogP contribution in [-0.4, -0.2) is 23.7 Å². The van der Waals surface area contributed by atoms with E-state index in [4.69, 9.17) is 9.47 Å². The number of hydrogen-bond donors (Lipinski definition) is 1. The summed E-state index contributed by atoms with van der Waals surface area (Å²) in [6.45, 7) is 1.98. The first-order valence-corrected chi connectivity index (χ1v) is 10.6. The molecule has 3 rings (SSSR count). The zero-order valence-electron chi connectivity index (χ0n) is 17.2. The lowest BCUT2D eigenvalue weighted by atomic mass is 10.2. The number of nitro groups is 1. The zero-order chi connectivity index (χ0) is 22.9. The smallest absolute Gasteiger partial charge is 0.414 e. The number of hydrogen-bond acceptors (Lipinski definition) is 7. The molecule has 0 saturated carbocycles. The van der Waals surface area contributed by atoms with E-state index in [1.807, 2.05) is 47.8 Å². The van der Waals surface area contributed by atoms with E-state index in [2.05, 4.69) is 5.32 Å². The average molecular weight is 455 g/mol. The monoisotopic (exact) mass is 455 g/mol. The summed E-state index contributed by atoms with van der Waals surface area (Å²) in [5.74, 6) is 0. The second-order valence-corrected chi connectivity index (χ2v) is 7.54. The molecule has 10 heteroatoms. The maximum Gasteiger partial charge on any atom is 0.414 e. The van der Waals surface area contributed by atoms with Gasteiger partial charge in [-0.2, -0.15) is 0 Å². The molecule has 2 aromatic carbocycles. The second-order valence-electron chi connectivity index (χ2n) is 6.51. The molecule has 0 atom stereocenters. The lowest BCUT2D eigenvalue weighted by Crippen LogP contribution is -2.30. The standard InChI is InChI=1S/C22H21N3O6S/c1-2-30-21(26)23-19-11-10-17(13-20(19)25(28)29)24(14-18-9-6-12-32-18)22(27)31-15-16-7-4-3-5-8-16/h3-13H,2,14-15H2,1H3,(H,23,26). The van der Waals surface area contributed by atoms with Crippen LogP contribution in [0.15, 0.2) is 66.0 Å². The molecule has 0 aliphatic heterocycles. The van der Waals surface area contributed by atoms with Crippen molar-refractivity contribution in [2.45, 2.75) is 20.1 Å². The van der Waals surface area contributed by atoms with Gasteiger partial charge in [-0.05, 0) is 36.1 Å². The van der Waals surface area contributed by atoms with E-state index >= 15 is 0 Å². The molecule has 1 N–H and O–H groups in total. The molecule has 1 heterocycles. The summed E-state index contributed by atoms with van der Waals surface area (Å²) in [5, 5.41) is 15.8. The van der Waals surface area contributed by atoms with Gasteiger partial charge in [0.1, 0.15) is 12.3 Å². The van der Waals surface area contributed by atoms with E-state index < -0.39 is 17.1 Å². The number of nitrogens with zero attached hydrogens (tertiary/aromatic N) is 2. The largest absolute Gasteiger partial charge is 0.450 e. The quantitative estimate of drug-likeness (QED) is 0.351. The summed E-state index contributed by atoms with van der Waals surface area (Å²) in [6.07, 6.45) is -1.45. The van der Waals surface area contributed by atoms with Crippen LogP contribution in [0.1, 0.15) is 17.4 Å². The maximum atomic E-state index is 12.9. The first-order chi connectivity index (χ1) is 15.5. The first-order valence-electron chi connectivity index (χ1n) is 9.70. The lowest BCUT2D eigenvalue weighted by Gasteiger charge is -2.22. The van der Waals surface area contributed by atoms with Gasteiger partial charge in [0.05, 0.1) is 23.8 Å². The van der Waals surface area contributed by atoms with Crippen LogP contribution in [0.2, 0.25) is 0 Å². The van der Waals surface area contributed by atoms with Gasteiger partial charge in [0.2, 0.25) is 0 Å². The summed E-state index contributed by atoms with van der Waals surface area (Å²) in [7, 11) is 0. The summed E-state index contributed by atoms with van der Waals surface area (Å²) in [5.41, 5.74) is 0.669. The maximum absolute atomic E-state index is 12.9. The van der Waals surface area contributed by atoms with Gasteiger partial charge in [0.25, 0.3) is 5.69 Å². The number of anilines is 2. The Labute approximate surface area is 188 Å². The van der Waals surface area contributed by atoms with Gasteiger partial charge >= 0.3 is 12.2 Å². The van der Waals surface area contributed by atoms with Gasteiger partial charge < -0.3 is 9.47 Å². The average Bonchev–Trinajstić information content (AvgIpc) is 3.30. The van der Waals surface area contributed by atoms with Crippen molar-refractivity contribution in [1.29, 1.82) is 0 Å². The van der Waals surface area contributed by atoms with Gasteiger partial charge in [-0.25, -0.2) is 9.59 Å². The molecule has 0 spiro atoms. The SMILES string of the molecule is CCOC(=O)Nc1ccc(N(Cc2cccs2)C(=O)OCc2ccccc2)cc1[N+](=O)[O-]. The molecule has 0 aliphatic carbocycles. The van der Waals surface area contributed by atoms with Crippen molar-refractivity contribution in [2.75, 3.05) is 16.8 Å². The van der Waals surface area contributed by atoms with E-state index in [0.717, 1.165) is 10.4 Å². The number of carbonyl (C=O) groups excluding carboxylic acids is 2. The van der Waals surface area contributed by atoms with Crippen LogP contribution in [0.25, 0.3) is 0 Å². The van der Waals surface area contributed by atoms with Gasteiger partial charge in [-0.3, -0.25) is 20.3 Å². The molecule has 2 amide bonds. The van der Waals surface area contributed by atoms with Crippen molar-refractivity contribution in [1.82, 2.24) is 0 Å². The molecule has 0 radical (unpaired) electrons. The van der Waals surface area contributed by atoms with E-state index in [1.165, 1.54) is 34.4 Å². The number of thiophene rings is 1. The van der Waals surface area contributed by atoms with Crippen molar-refractivity contribution in [2.24, 2.45) is 0 Å². The van der Waals surface area contributed by atoms with Crippen molar-refractivity contribution in [3.05, 3.63) is 86.6 Å². The highest BCUT2D eigenvalue weighted by Crippen LogP contribution is 2.31. The summed E-state index contributed by atoms with van der Waals surface area (Å²) in [4.78, 5) is 37.8. The number of rotatable bonds is 8. The molecule has 0 fully saturated rings. The molecule has 3 aromatic rings. The number of ether oxygens (including phenoxy) is 2. The summed E-state index contributed by atoms with van der Waals surface area (Å²) in [6, 6.07) is 17.0. The minimum atomic E-state index is -0.805. The van der Waals surface area contributed by atoms with Crippen LogP contribution in [-0.2, 0) is 22.6 Å². The first kappa shape index (κ1) is 22.8. The predicted molar refractivity (Wildman–Crippen MR) is 121 cm³/mol. The zero-order valence-corrected chi connectivity index (χ0v) is 18.0. The summed E-state index contributed by atoms with van der Waals surface area (Å²) < 4.78 is 10.2. The minimum Gasteiger partial charge on any atom is -0.450 e. The Bertz CT molecular complexity index is 1070. The van der Waals surface area contributed by atoms with E-state index in [9.17, 15) is 19.7 Å². The Hall–Kier alpha value is -3.92. The predicted octanol–water partition coefficient (Wildman–Crippen LogP) is 5.57. The van der Waals surface area contributed by atoms with E-state index in [1.54, 1.807) is 6.92 Å². The number of carbonyl (C=O) groups is 2. The third-order valence-electron chi connectivity index (χ3n) is 4.32. The van der Waals surface area contributed by atoms with Gasteiger partial charge in [-0.15, -0.1) is 11.3 Å². The molecule has 32 heavy (non-hydrogen) atoms. The van der Waals surface area contributed by atoms with Crippen LogP contribution >= 0.6 is 11.3 Å². The number of benzene rings is 2. The van der Waals surface area contributed by atoms with Crippen molar-refractivity contribution >= 4 is 40.6 Å². The highest BCUT2D eigenvalue weighted by atomic mass is 32.1. The lowest BCUT2D eigenvalue weighted by molar-refractivity contribution is -0.383. The van der Waals surface area contributed by atoms with Crippen LogP contribution in [0.3, 0.4) is 0 Å². The van der Waals surface area contributed by atoms with Crippen LogP contribution in [0.5, 0.6) is 0 Å². The normalized spacial score (nSPS) is 10.3. The van der Waals surface area contributed by atoms with Crippen LogP contribution in [0, 0.1) is 10.1 Å². The van der Waals surface area contributed by atoms with Crippen LogP contribution in [0.4, 0.5) is 26.7 Å². The molecule has 166 valence electrons. The number of nitrogens with one attached hydrogen (secondary N) is 1. The molecule has 0 bridgehead atoms. The molecular weight excluding hydrogens is 434 g/mol. The third kappa shape index (κ3) is 6.05. The van der Waals surface area contributed by atoms with E-state index in [-0.39, 0.29) is 36.8 Å². The van der Waals surface area contributed by atoms with Gasteiger partial charge in [0, 0.05) is 10.9 Å². The topological polar surface area (TPSA) is 111 Å².